The topological polar surface area (TPSA) is 76.3 Å². The summed E-state index contributed by atoms with van der Waals surface area (Å²) in [4.78, 5) is 19.1. The molecule has 0 aliphatic rings. The molecule has 0 unspecified atom stereocenters. The SMILES string of the molecule is Cc1ccc2c(c1)cc(CN(Cc1cccnc1)C(=O)c1ccccc1F)c1nnnn12. The van der Waals surface area contributed by atoms with Crippen molar-refractivity contribution in [2.24, 2.45) is 0 Å². The standard InChI is InChI=1S/C24H19FN6O/c1-16-8-9-22-18(11-16)12-19(23-27-28-29-31(22)23)15-30(14-17-5-4-10-26-13-17)24(32)20-6-2-3-7-21(20)25/h2-13H,14-15H2,1H3. The largest absolute Gasteiger partial charge is 0.330 e. The van der Waals surface area contributed by atoms with Gasteiger partial charge in [-0.3, -0.25) is 9.78 Å². The fourth-order valence-electron chi connectivity index (χ4n) is 3.82. The quantitative estimate of drug-likeness (QED) is 0.425. The van der Waals surface area contributed by atoms with Gasteiger partial charge in [0.25, 0.3) is 5.91 Å². The first-order valence-electron chi connectivity index (χ1n) is 10.1. The lowest BCUT2D eigenvalue weighted by atomic mass is 10.1. The maximum Gasteiger partial charge on any atom is 0.257 e. The summed E-state index contributed by atoms with van der Waals surface area (Å²) in [6.07, 6.45) is 3.36. The van der Waals surface area contributed by atoms with Crippen molar-refractivity contribution in [2.75, 3.05) is 0 Å². The number of aromatic nitrogens is 5. The van der Waals surface area contributed by atoms with Crippen LogP contribution in [0.25, 0.3) is 16.6 Å². The average molecular weight is 426 g/mol. The minimum absolute atomic E-state index is 0.0173. The summed E-state index contributed by atoms with van der Waals surface area (Å²) >= 11 is 0. The van der Waals surface area contributed by atoms with Gasteiger partial charge in [0.2, 0.25) is 0 Å². The highest BCUT2D eigenvalue weighted by molar-refractivity contribution is 5.94. The predicted octanol–water partition coefficient (Wildman–Crippen LogP) is 3.96. The van der Waals surface area contributed by atoms with E-state index in [1.807, 2.05) is 37.3 Å². The Hall–Kier alpha value is -4.20. The van der Waals surface area contributed by atoms with E-state index in [0.717, 1.165) is 27.6 Å². The highest BCUT2D eigenvalue weighted by Gasteiger charge is 2.22. The lowest BCUT2D eigenvalue weighted by Crippen LogP contribution is -2.31. The van der Waals surface area contributed by atoms with E-state index in [4.69, 9.17) is 0 Å². The fraction of sp³-hybridized carbons (Fsp3) is 0.125. The molecule has 0 aliphatic heterocycles. The second kappa shape index (κ2) is 8.14. The van der Waals surface area contributed by atoms with E-state index < -0.39 is 11.7 Å². The number of carbonyl (C=O) groups excluding carboxylic acids is 1. The number of tetrazole rings is 1. The molecule has 5 rings (SSSR count). The van der Waals surface area contributed by atoms with E-state index >= 15 is 0 Å². The Morgan fingerprint density at radius 1 is 1.06 bits per heavy atom. The molecular weight excluding hydrogens is 407 g/mol. The van der Waals surface area contributed by atoms with Gasteiger partial charge < -0.3 is 4.90 Å². The van der Waals surface area contributed by atoms with Crippen LogP contribution in [0.1, 0.15) is 27.0 Å². The van der Waals surface area contributed by atoms with Crippen LogP contribution in [-0.2, 0) is 13.1 Å². The van der Waals surface area contributed by atoms with Crippen molar-refractivity contribution in [3.05, 3.63) is 101 Å². The molecule has 0 saturated heterocycles. The summed E-state index contributed by atoms with van der Waals surface area (Å²) in [5.41, 5.74) is 4.15. The van der Waals surface area contributed by atoms with E-state index in [1.54, 1.807) is 40.0 Å². The van der Waals surface area contributed by atoms with E-state index in [-0.39, 0.29) is 18.7 Å². The molecule has 0 atom stereocenters. The Labute approximate surface area is 183 Å². The van der Waals surface area contributed by atoms with Crippen molar-refractivity contribution < 1.29 is 9.18 Å². The summed E-state index contributed by atoms with van der Waals surface area (Å²) in [6, 6.07) is 17.7. The van der Waals surface area contributed by atoms with Crippen LogP contribution in [0, 0.1) is 12.7 Å². The maximum atomic E-state index is 14.4. The summed E-state index contributed by atoms with van der Waals surface area (Å²) < 4.78 is 16.1. The van der Waals surface area contributed by atoms with Gasteiger partial charge in [0.05, 0.1) is 17.6 Å². The Morgan fingerprint density at radius 3 is 2.75 bits per heavy atom. The van der Waals surface area contributed by atoms with Crippen molar-refractivity contribution in [3.63, 3.8) is 0 Å². The molecule has 1 amide bonds. The first kappa shape index (κ1) is 19.7. The molecule has 32 heavy (non-hydrogen) atoms. The minimum Gasteiger partial charge on any atom is -0.330 e. The number of aryl methyl sites for hydroxylation is 1. The fourth-order valence-corrected chi connectivity index (χ4v) is 3.82. The van der Waals surface area contributed by atoms with Crippen LogP contribution >= 0.6 is 0 Å². The summed E-state index contributed by atoms with van der Waals surface area (Å²) in [5.74, 6) is -0.973. The molecule has 8 heteroatoms. The minimum atomic E-state index is -0.558. The molecule has 0 fully saturated rings. The second-order valence-corrected chi connectivity index (χ2v) is 7.65. The molecule has 3 aromatic heterocycles. The summed E-state index contributed by atoms with van der Waals surface area (Å²) in [7, 11) is 0. The number of nitrogens with zero attached hydrogens (tertiary/aromatic N) is 6. The van der Waals surface area contributed by atoms with Crippen LogP contribution in [0.3, 0.4) is 0 Å². The zero-order valence-corrected chi connectivity index (χ0v) is 17.3. The molecule has 2 aromatic carbocycles. The Morgan fingerprint density at radius 2 is 1.94 bits per heavy atom. The molecule has 0 saturated carbocycles. The predicted molar refractivity (Wildman–Crippen MR) is 117 cm³/mol. The van der Waals surface area contributed by atoms with Crippen molar-refractivity contribution in [3.8, 4) is 0 Å². The van der Waals surface area contributed by atoms with Gasteiger partial charge >= 0.3 is 0 Å². The van der Waals surface area contributed by atoms with Gasteiger partial charge in [-0.15, -0.1) is 5.10 Å². The van der Waals surface area contributed by atoms with Crippen LogP contribution in [0.5, 0.6) is 0 Å². The van der Waals surface area contributed by atoms with Crippen LogP contribution in [0.15, 0.2) is 73.1 Å². The van der Waals surface area contributed by atoms with Gasteiger partial charge in [0.15, 0.2) is 5.65 Å². The zero-order chi connectivity index (χ0) is 22.1. The molecular formula is C24H19FN6O. The number of pyridine rings is 2. The van der Waals surface area contributed by atoms with Crippen molar-refractivity contribution >= 4 is 22.5 Å². The molecule has 5 aromatic rings. The highest BCUT2D eigenvalue weighted by atomic mass is 19.1. The molecule has 0 N–H and O–H groups in total. The third kappa shape index (κ3) is 3.66. The zero-order valence-electron chi connectivity index (χ0n) is 17.3. The number of amides is 1. The normalized spacial score (nSPS) is 11.2. The molecule has 0 bridgehead atoms. The second-order valence-electron chi connectivity index (χ2n) is 7.65. The molecule has 0 spiro atoms. The highest BCUT2D eigenvalue weighted by Crippen LogP contribution is 2.23. The number of halogens is 1. The van der Waals surface area contributed by atoms with Crippen molar-refractivity contribution in [2.45, 2.75) is 20.0 Å². The molecule has 0 radical (unpaired) electrons. The van der Waals surface area contributed by atoms with Gasteiger partial charge in [0, 0.05) is 29.9 Å². The molecule has 3 heterocycles. The number of benzene rings is 2. The third-order valence-electron chi connectivity index (χ3n) is 5.35. The summed E-state index contributed by atoms with van der Waals surface area (Å²) in [5, 5.41) is 13.1. The summed E-state index contributed by atoms with van der Waals surface area (Å²) in [6.45, 7) is 2.48. The number of fused-ring (bicyclic) bond motifs is 3. The lowest BCUT2D eigenvalue weighted by molar-refractivity contribution is 0.0725. The Kier molecular flexibility index (Phi) is 5.03. The van der Waals surface area contributed by atoms with Gasteiger partial charge in [-0.25, -0.2) is 4.39 Å². The smallest absolute Gasteiger partial charge is 0.257 e. The van der Waals surface area contributed by atoms with E-state index in [1.165, 1.54) is 12.1 Å². The van der Waals surface area contributed by atoms with Crippen LogP contribution < -0.4 is 0 Å². The monoisotopic (exact) mass is 426 g/mol. The number of rotatable bonds is 5. The average Bonchev–Trinajstić information content (AvgIpc) is 3.29. The van der Waals surface area contributed by atoms with E-state index in [9.17, 15) is 9.18 Å². The third-order valence-corrected chi connectivity index (χ3v) is 5.35. The molecule has 7 nitrogen and oxygen atoms in total. The first-order valence-corrected chi connectivity index (χ1v) is 10.1. The first-order chi connectivity index (χ1) is 15.6. The number of hydrogen-bond acceptors (Lipinski definition) is 5. The molecule has 0 aliphatic carbocycles. The van der Waals surface area contributed by atoms with Gasteiger partial charge in [-0.1, -0.05) is 29.8 Å². The van der Waals surface area contributed by atoms with Gasteiger partial charge in [0.1, 0.15) is 5.82 Å². The lowest BCUT2D eigenvalue weighted by Gasteiger charge is -2.23. The molecule has 158 valence electrons. The van der Waals surface area contributed by atoms with Crippen LogP contribution in [0.4, 0.5) is 4.39 Å². The van der Waals surface area contributed by atoms with E-state index in [0.29, 0.717) is 5.65 Å². The van der Waals surface area contributed by atoms with Crippen molar-refractivity contribution in [1.82, 2.24) is 29.9 Å². The van der Waals surface area contributed by atoms with E-state index in [2.05, 4.69) is 20.5 Å². The Bertz CT molecular complexity index is 1430. The van der Waals surface area contributed by atoms with Crippen LogP contribution in [-0.4, -0.2) is 35.8 Å². The number of hydrogen-bond donors (Lipinski definition) is 0. The number of carbonyl (C=O) groups is 1. The van der Waals surface area contributed by atoms with Gasteiger partial charge in [-0.2, -0.15) is 4.52 Å². The van der Waals surface area contributed by atoms with Gasteiger partial charge in [-0.05, 0) is 59.3 Å². The van der Waals surface area contributed by atoms with Crippen molar-refractivity contribution in [1.29, 1.82) is 0 Å². The van der Waals surface area contributed by atoms with Crippen LogP contribution in [0.2, 0.25) is 0 Å². The maximum absolute atomic E-state index is 14.4. The Balaban J connectivity index is 1.60.